The zero-order valence-corrected chi connectivity index (χ0v) is 15.5. The van der Waals surface area contributed by atoms with Gasteiger partial charge in [0.15, 0.2) is 0 Å². The second-order valence-corrected chi connectivity index (χ2v) is 7.33. The van der Waals surface area contributed by atoms with Crippen LogP contribution in [0.1, 0.15) is 5.56 Å². The van der Waals surface area contributed by atoms with Crippen molar-refractivity contribution >= 4 is 15.7 Å². The SMILES string of the molecule is COc1ccc(S(=O)(=O)Nc2cnn(Cc3ccc(F)cc3)c2)c(OC)c1. The molecule has 2 aromatic carbocycles. The summed E-state index contributed by atoms with van der Waals surface area (Å²) in [6, 6.07) is 10.4. The van der Waals surface area contributed by atoms with Crippen LogP contribution >= 0.6 is 0 Å². The highest BCUT2D eigenvalue weighted by Crippen LogP contribution is 2.29. The molecular weight excluding hydrogens is 373 g/mol. The van der Waals surface area contributed by atoms with Gasteiger partial charge in [0.2, 0.25) is 0 Å². The number of halogens is 1. The fraction of sp³-hybridized carbons (Fsp3) is 0.167. The maximum Gasteiger partial charge on any atom is 0.265 e. The summed E-state index contributed by atoms with van der Waals surface area (Å²) in [6.07, 6.45) is 2.95. The number of nitrogens with one attached hydrogen (secondary N) is 1. The normalized spacial score (nSPS) is 11.2. The van der Waals surface area contributed by atoms with E-state index in [4.69, 9.17) is 9.47 Å². The quantitative estimate of drug-likeness (QED) is 0.670. The van der Waals surface area contributed by atoms with Crippen LogP contribution < -0.4 is 14.2 Å². The van der Waals surface area contributed by atoms with Crippen molar-refractivity contribution in [2.75, 3.05) is 18.9 Å². The van der Waals surface area contributed by atoms with Gasteiger partial charge in [0.1, 0.15) is 22.2 Å². The molecule has 7 nitrogen and oxygen atoms in total. The summed E-state index contributed by atoms with van der Waals surface area (Å²) >= 11 is 0. The first-order chi connectivity index (χ1) is 12.9. The van der Waals surface area contributed by atoms with E-state index in [-0.39, 0.29) is 16.5 Å². The second-order valence-electron chi connectivity index (χ2n) is 5.68. The van der Waals surface area contributed by atoms with Crippen LogP contribution in [0.4, 0.5) is 10.1 Å². The molecule has 0 atom stereocenters. The Labute approximate surface area is 156 Å². The standard InChI is InChI=1S/C18H18FN3O4S/c1-25-16-7-8-18(17(9-16)26-2)27(23,24)21-15-10-20-22(12-15)11-13-3-5-14(19)6-4-13/h3-10,12,21H,11H2,1-2H3. The zero-order valence-electron chi connectivity index (χ0n) is 14.7. The van der Waals surface area contributed by atoms with Gasteiger partial charge in [0.05, 0.1) is 32.6 Å². The summed E-state index contributed by atoms with van der Waals surface area (Å²) in [5.74, 6) is 0.333. The molecule has 0 spiro atoms. The number of aromatic nitrogens is 2. The van der Waals surface area contributed by atoms with Crippen molar-refractivity contribution in [2.45, 2.75) is 11.4 Å². The summed E-state index contributed by atoms with van der Waals surface area (Å²) in [5.41, 5.74) is 1.14. The summed E-state index contributed by atoms with van der Waals surface area (Å²) < 4.78 is 52.6. The lowest BCUT2D eigenvalue weighted by Gasteiger charge is -2.11. The molecule has 3 rings (SSSR count). The molecule has 0 amide bonds. The first-order valence-corrected chi connectivity index (χ1v) is 9.41. The number of methoxy groups -OCH3 is 2. The molecule has 0 radical (unpaired) electrons. The maximum absolute atomic E-state index is 13.0. The van der Waals surface area contributed by atoms with Crippen LogP contribution in [-0.4, -0.2) is 32.4 Å². The van der Waals surface area contributed by atoms with Gasteiger partial charge >= 0.3 is 0 Å². The van der Waals surface area contributed by atoms with Crippen molar-refractivity contribution in [1.29, 1.82) is 0 Å². The molecule has 0 bridgehead atoms. The van der Waals surface area contributed by atoms with E-state index in [0.29, 0.717) is 18.0 Å². The van der Waals surface area contributed by atoms with Gasteiger partial charge in [-0.3, -0.25) is 9.40 Å². The molecule has 0 fully saturated rings. The zero-order chi connectivity index (χ0) is 19.4. The van der Waals surface area contributed by atoms with Crippen LogP contribution in [-0.2, 0) is 16.6 Å². The number of benzene rings is 2. The Morgan fingerprint density at radius 2 is 1.85 bits per heavy atom. The smallest absolute Gasteiger partial charge is 0.265 e. The van der Waals surface area contributed by atoms with Crippen LogP contribution in [0.25, 0.3) is 0 Å². The first-order valence-electron chi connectivity index (χ1n) is 7.93. The van der Waals surface area contributed by atoms with E-state index >= 15 is 0 Å². The molecule has 1 aromatic heterocycles. The molecule has 0 aliphatic rings. The van der Waals surface area contributed by atoms with E-state index in [1.165, 1.54) is 50.7 Å². The van der Waals surface area contributed by atoms with Crippen LogP contribution in [0.15, 0.2) is 59.8 Å². The summed E-state index contributed by atoms with van der Waals surface area (Å²) in [6.45, 7) is 0.383. The first kappa shape index (κ1) is 18.7. The molecule has 9 heteroatoms. The average molecular weight is 391 g/mol. The van der Waals surface area contributed by atoms with Gasteiger partial charge in [0.25, 0.3) is 10.0 Å². The lowest BCUT2D eigenvalue weighted by molar-refractivity contribution is 0.386. The van der Waals surface area contributed by atoms with Crippen LogP contribution in [0.2, 0.25) is 0 Å². The van der Waals surface area contributed by atoms with Gasteiger partial charge in [-0.25, -0.2) is 12.8 Å². The summed E-state index contributed by atoms with van der Waals surface area (Å²) in [5, 5.41) is 4.13. The molecule has 0 aliphatic heterocycles. The molecule has 142 valence electrons. The number of ether oxygens (including phenoxy) is 2. The van der Waals surface area contributed by atoms with E-state index in [9.17, 15) is 12.8 Å². The van der Waals surface area contributed by atoms with Gasteiger partial charge in [-0.2, -0.15) is 5.10 Å². The van der Waals surface area contributed by atoms with Gasteiger partial charge in [-0.1, -0.05) is 12.1 Å². The van der Waals surface area contributed by atoms with Crippen molar-refractivity contribution in [3.05, 3.63) is 66.2 Å². The molecule has 0 aliphatic carbocycles. The van der Waals surface area contributed by atoms with E-state index in [2.05, 4.69) is 9.82 Å². The fourth-order valence-electron chi connectivity index (χ4n) is 2.49. The van der Waals surface area contributed by atoms with E-state index in [0.717, 1.165) is 5.56 Å². The summed E-state index contributed by atoms with van der Waals surface area (Å²) in [7, 11) is -1.01. The monoisotopic (exact) mass is 391 g/mol. The summed E-state index contributed by atoms with van der Waals surface area (Å²) in [4.78, 5) is -0.0166. The third-order valence-corrected chi connectivity index (χ3v) is 5.22. The van der Waals surface area contributed by atoms with Crippen molar-refractivity contribution in [2.24, 2.45) is 0 Å². The van der Waals surface area contributed by atoms with E-state index < -0.39 is 10.0 Å². The molecular formula is C18H18FN3O4S. The third-order valence-electron chi connectivity index (χ3n) is 3.80. The van der Waals surface area contributed by atoms with Crippen LogP contribution in [0, 0.1) is 5.82 Å². The number of anilines is 1. The Morgan fingerprint density at radius 3 is 2.52 bits per heavy atom. The Balaban J connectivity index is 1.78. The number of hydrogen-bond acceptors (Lipinski definition) is 5. The van der Waals surface area contributed by atoms with Crippen LogP contribution in [0.5, 0.6) is 11.5 Å². The van der Waals surface area contributed by atoms with Gasteiger partial charge < -0.3 is 9.47 Å². The number of sulfonamides is 1. The molecule has 1 heterocycles. The van der Waals surface area contributed by atoms with Gasteiger partial charge in [-0.15, -0.1) is 0 Å². The molecule has 0 saturated carbocycles. The molecule has 3 aromatic rings. The Bertz CT molecular complexity index is 1030. The predicted molar refractivity (Wildman–Crippen MR) is 98.1 cm³/mol. The van der Waals surface area contributed by atoms with Crippen molar-refractivity contribution < 1.29 is 22.3 Å². The minimum absolute atomic E-state index is 0.0166. The number of rotatable bonds is 7. The van der Waals surface area contributed by atoms with Crippen molar-refractivity contribution in [3.63, 3.8) is 0 Å². The molecule has 1 N–H and O–H groups in total. The molecule has 0 saturated heterocycles. The minimum Gasteiger partial charge on any atom is -0.497 e. The van der Waals surface area contributed by atoms with E-state index in [1.54, 1.807) is 23.0 Å². The lowest BCUT2D eigenvalue weighted by atomic mass is 10.2. The van der Waals surface area contributed by atoms with Gasteiger partial charge in [-0.05, 0) is 29.8 Å². The van der Waals surface area contributed by atoms with Crippen LogP contribution in [0.3, 0.4) is 0 Å². The Morgan fingerprint density at radius 1 is 1.11 bits per heavy atom. The predicted octanol–water partition coefficient (Wildman–Crippen LogP) is 2.89. The second kappa shape index (κ2) is 7.67. The minimum atomic E-state index is -3.88. The average Bonchev–Trinajstić information content (AvgIpc) is 3.09. The van der Waals surface area contributed by atoms with Crippen molar-refractivity contribution in [1.82, 2.24) is 9.78 Å². The molecule has 0 unspecified atom stereocenters. The largest absolute Gasteiger partial charge is 0.497 e. The maximum atomic E-state index is 13.0. The third kappa shape index (κ3) is 4.37. The highest BCUT2D eigenvalue weighted by atomic mass is 32.2. The Hall–Kier alpha value is -3.07. The van der Waals surface area contributed by atoms with E-state index in [1.807, 2.05) is 0 Å². The highest BCUT2D eigenvalue weighted by molar-refractivity contribution is 7.92. The van der Waals surface area contributed by atoms with Gasteiger partial charge in [0, 0.05) is 12.3 Å². The van der Waals surface area contributed by atoms with Crippen molar-refractivity contribution in [3.8, 4) is 11.5 Å². The lowest BCUT2D eigenvalue weighted by Crippen LogP contribution is -2.13. The highest BCUT2D eigenvalue weighted by Gasteiger charge is 2.21. The number of hydrogen-bond donors (Lipinski definition) is 1. The Kier molecular flexibility index (Phi) is 5.31. The topological polar surface area (TPSA) is 82.5 Å². The molecule has 27 heavy (non-hydrogen) atoms. The number of nitrogens with zero attached hydrogens (tertiary/aromatic N) is 2. The fourth-order valence-corrected chi connectivity index (χ4v) is 3.67.